The van der Waals surface area contributed by atoms with Gasteiger partial charge < -0.3 is 9.80 Å². The van der Waals surface area contributed by atoms with Crippen molar-refractivity contribution in [2.75, 3.05) is 31.1 Å². The molecule has 1 aromatic heterocycles. The zero-order chi connectivity index (χ0) is 26.0. The number of nitro groups is 2. The van der Waals surface area contributed by atoms with Crippen molar-refractivity contribution in [3.63, 3.8) is 0 Å². The molecular weight excluding hydrogens is 464 g/mol. The van der Waals surface area contributed by atoms with E-state index in [0.717, 1.165) is 22.6 Å². The highest BCUT2D eigenvalue weighted by Gasteiger charge is 2.26. The minimum absolute atomic E-state index is 0.0375. The summed E-state index contributed by atoms with van der Waals surface area (Å²) in [5.41, 5.74) is 3.46. The third-order valence-electron chi connectivity index (χ3n) is 6.35. The molecule has 11 heteroatoms. The first-order chi connectivity index (χ1) is 17.1. The van der Waals surface area contributed by atoms with Crippen molar-refractivity contribution in [3.05, 3.63) is 96.5 Å². The number of carbonyl (C=O) groups is 1. The van der Waals surface area contributed by atoms with Gasteiger partial charge in [0.1, 0.15) is 11.6 Å². The fourth-order valence-electron chi connectivity index (χ4n) is 4.37. The van der Waals surface area contributed by atoms with Crippen LogP contribution in [0.15, 0.2) is 42.5 Å². The number of non-ortho nitro benzene ring substituents is 1. The number of hydrogen-bond donors (Lipinski definition) is 0. The maximum atomic E-state index is 13.0. The van der Waals surface area contributed by atoms with Gasteiger partial charge in [-0.05, 0) is 32.4 Å². The van der Waals surface area contributed by atoms with Crippen LogP contribution in [-0.4, -0.2) is 56.8 Å². The summed E-state index contributed by atoms with van der Waals surface area (Å²) in [5, 5.41) is 22.2. The Hall–Kier alpha value is -4.41. The van der Waals surface area contributed by atoms with Crippen molar-refractivity contribution < 1.29 is 14.6 Å². The van der Waals surface area contributed by atoms with E-state index in [-0.39, 0.29) is 17.3 Å². The van der Waals surface area contributed by atoms with Gasteiger partial charge in [-0.3, -0.25) is 25.0 Å². The first kappa shape index (κ1) is 24.7. The van der Waals surface area contributed by atoms with Crippen LogP contribution in [0.4, 0.5) is 17.2 Å². The number of aromatic nitrogens is 2. The summed E-state index contributed by atoms with van der Waals surface area (Å²) in [6.07, 6.45) is 0.519. The Morgan fingerprint density at radius 3 is 2.19 bits per heavy atom. The smallest absolute Gasteiger partial charge is 0.273 e. The Morgan fingerprint density at radius 2 is 1.58 bits per heavy atom. The number of hydrogen-bond acceptors (Lipinski definition) is 8. The quantitative estimate of drug-likeness (QED) is 0.376. The molecule has 36 heavy (non-hydrogen) atoms. The van der Waals surface area contributed by atoms with Gasteiger partial charge in [0.25, 0.3) is 17.3 Å². The summed E-state index contributed by atoms with van der Waals surface area (Å²) in [5.74, 6) is 1.19. The van der Waals surface area contributed by atoms with Gasteiger partial charge in [0.15, 0.2) is 0 Å². The van der Waals surface area contributed by atoms with Gasteiger partial charge in [0, 0.05) is 73.2 Å². The Labute approximate surface area is 207 Å². The van der Waals surface area contributed by atoms with Gasteiger partial charge in [-0.15, -0.1) is 0 Å². The summed E-state index contributed by atoms with van der Waals surface area (Å²) >= 11 is 0. The fraction of sp³-hybridized carbons (Fsp3) is 0.320. The number of amides is 1. The zero-order valence-corrected chi connectivity index (χ0v) is 20.3. The van der Waals surface area contributed by atoms with Crippen molar-refractivity contribution >= 4 is 23.1 Å². The molecule has 1 amide bonds. The molecule has 0 N–H and O–H groups in total. The minimum Gasteiger partial charge on any atom is -0.353 e. The predicted molar refractivity (Wildman–Crippen MR) is 133 cm³/mol. The van der Waals surface area contributed by atoms with Gasteiger partial charge in [-0.1, -0.05) is 18.2 Å². The van der Waals surface area contributed by atoms with Gasteiger partial charge in [0.2, 0.25) is 0 Å². The van der Waals surface area contributed by atoms with Gasteiger partial charge in [-0.2, -0.15) is 0 Å². The normalized spacial score (nSPS) is 13.5. The van der Waals surface area contributed by atoms with Gasteiger partial charge >= 0.3 is 0 Å². The molecule has 0 aliphatic carbocycles. The van der Waals surface area contributed by atoms with Crippen molar-refractivity contribution in [1.29, 1.82) is 0 Å². The summed E-state index contributed by atoms with van der Waals surface area (Å²) in [4.78, 5) is 47.4. The molecule has 0 spiro atoms. The number of nitrogens with zero attached hydrogens (tertiary/aromatic N) is 6. The average Bonchev–Trinajstić information content (AvgIpc) is 2.85. The molecule has 1 aliphatic heterocycles. The SMILES string of the molecule is Cc1nc(C)c(Cc2ccc([N+](=O)[O-])cc2)c(N2CCN(C(=O)c3ccc(C)c([N+](=O)[O-])c3)CC2)n1. The number of anilines is 1. The van der Waals surface area contributed by atoms with Gasteiger partial charge in [0.05, 0.1) is 9.85 Å². The Bertz CT molecular complexity index is 1330. The topological polar surface area (TPSA) is 136 Å². The molecule has 2 aromatic carbocycles. The van der Waals surface area contributed by atoms with Crippen molar-refractivity contribution in [2.45, 2.75) is 27.2 Å². The van der Waals surface area contributed by atoms with Crippen LogP contribution in [0.2, 0.25) is 0 Å². The lowest BCUT2D eigenvalue weighted by Gasteiger charge is -2.36. The molecule has 0 atom stereocenters. The first-order valence-corrected chi connectivity index (χ1v) is 11.5. The highest BCUT2D eigenvalue weighted by atomic mass is 16.6. The lowest BCUT2D eigenvalue weighted by molar-refractivity contribution is -0.385. The Morgan fingerprint density at radius 1 is 0.917 bits per heavy atom. The third-order valence-corrected chi connectivity index (χ3v) is 6.35. The van der Waals surface area contributed by atoms with E-state index in [2.05, 4.69) is 9.88 Å². The first-order valence-electron chi connectivity index (χ1n) is 11.5. The maximum absolute atomic E-state index is 13.0. The molecular formula is C25H26N6O5. The second-order valence-electron chi connectivity index (χ2n) is 8.80. The van der Waals surface area contributed by atoms with Crippen LogP contribution >= 0.6 is 0 Å². The van der Waals surface area contributed by atoms with Crippen LogP contribution in [0.5, 0.6) is 0 Å². The lowest BCUT2D eigenvalue weighted by Crippen LogP contribution is -2.49. The molecule has 4 rings (SSSR count). The van der Waals surface area contributed by atoms with Crippen LogP contribution in [0, 0.1) is 41.0 Å². The van der Waals surface area contributed by atoms with E-state index < -0.39 is 9.85 Å². The van der Waals surface area contributed by atoms with E-state index in [1.807, 2.05) is 13.8 Å². The molecule has 0 radical (unpaired) electrons. The van der Waals surface area contributed by atoms with Crippen molar-refractivity contribution in [1.82, 2.24) is 14.9 Å². The molecule has 186 valence electrons. The van der Waals surface area contributed by atoms with E-state index in [1.54, 1.807) is 36.1 Å². The summed E-state index contributed by atoms with van der Waals surface area (Å²) in [7, 11) is 0. The average molecular weight is 491 g/mol. The Balaban J connectivity index is 1.52. The Kier molecular flexibility index (Phi) is 6.91. The zero-order valence-electron chi connectivity index (χ0n) is 20.3. The van der Waals surface area contributed by atoms with Crippen LogP contribution in [0.1, 0.15) is 38.6 Å². The second kappa shape index (κ2) is 10.1. The maximum Gasteiger partial charge on any atom is 0.273 e. The van der Waals surface area contributed by atoms with Crippen LogP contribution in [0.25, 0.3) is 0 Å². The number of piperazine rings is 1. The standard InChI is InChI=1S/C25H26N6O5/c1-16-4-7-20(15-23(16)31(35)36)25(32)29-12-10-28(11-13-29)24-22(17(2)26-18(3)27-24)14-19-5-8-21(9-6-19)30(33)34/h4-9,15H,10-14H2,1-3H3. The molecule has 3 aromatic rings. The molecule has 1 saturated heterocycles. The molecule has 0 bridgehead atoms. The number of carbonyl (C=O) groups excluding carboxylic acids is 1. The molecule has 1 aliphatic rings. The highest BCUT2D eigenvalue weighted by molar-refractivity contribution is 5.95. The highest BCUT2D eigenvalue weighted by Crippen LogP contribution is 2.27. The van der Waals surface area contributed by atoms with Crippen LogP contribution in [-0.2, 0) is 6.42 Å². The van der Waals surface area contributed by atoms with Crippen molar-refractivity contribution in [3.8, 4) is 0 Å². The van der Waals surface area contributed by atoms with E-state index in [4.69, 9.17) is 4.98 Å². The fourth-order valence-corrected chi connectivity index (χ4v) is 4.37. The molecule has 2 heterocycles. The number of rotatable bonds is 6. The third kappa shape index (κ3) is 5.14. The largest absolute Gasteiger partial charge is 0.353 e. The van der Waals surface area contributed by atoms with E-state index >= 15 is 0 Å². The van der Waals surface area contributed by atoms with E-state index in [1.165, 1.54) is 18.2 Å². The number of aryl methyl sites for hydroxylation is 3. The predicted octanol–water partition coefficient (Wildman–Crippen LogP) is 3.77. The second-order valence-corrected chi connectivity index (χ2v) is 8.80. The lowest BCUT2D eigenvalue weighted by atomic mass is 10.0. The molecule has 1 fully saturated rings. The molecule has 11 nitrogen and oxygen atoms in total. The number of benzene rings is 2. The summed E-state index contributed by atoms with van der Waals surface area (Å²) in [6.45, 7) is 7.37. The summed E-state index contributed by atoms with van der Waals surface area (Å²) in [6, 6.07) is 11.0. The molecule has 0 saturated carbocycles. The van der Waals surface area contributed by atoms with Crippen molar-refractivity contribution in [2.24, 2.45) is 0 Å². The summed E-state index contributed by atoms with van der Waals surface area (Å²) < 4.78 is 0. The van der Waals surface area contributed by atoms with Gasteiger partial charge in [-0.25, -0.2) is 9.97 Å². The molecule has 0 unspecified atom stereocenters. The monoisotopic (exact) mass is 490 g/mol. The minimum atomic E-state index is -0.476. The number of nitro benzene ring substituents is 2. The van der Waals surface area contributed by atoms with Crippen LogP contribution in [0.3, 0.4) is 0 Å². The van der Waals surface area contributed by atoms with E-state index in [0.29, 0.717) is 49.6 Å². The van der Waals surface area contributed by atoms with E-state index in [9.17, 15) is 25.0 Å². The van der Waals surface area contributed by atoms with Crippen LogP contribution < -0.4 is 4.90 Å².